The highest BCUT2D eigenvalue weighted by Gasteiger charge is 2.36. The van der Waals surface area contributed by atoms with Gasteiger partial charge in [0.25, 0.3) is 0 Å². The summed E-state index contributed by atoms with van der Waals surface area (Å²) in [5.74, 6) is 0. The van der Waals surface area contributed by atoms with E-state index in [0.717, 1.165) is 32.7 Å². The van der Waals surface area contributed by atoms with Gasteiger partial charge in [0.1, 0.15) is 0 Å². The Hall–Kier alpha value is -1.06. The summed E-state index contributed by atoms with van der Waals surface area (Å²) >= 11 is 0. The first kappa shape index (κ1) is 17.8. The van der Waals surface area contributed by atoms with Crippen LogP contribution in [0.5, 0.6) is 0 Å². The number of alkyl halides is 3. The van der Waals surface area contributed by atoms with Gasteiger partial charge in [-0.2, -0.15) is 13.2 Å². The number of amides is 2. The molecule has 0 radical (unpaired) electrons. The van der Waals surface area contributed by atoms with Crippen LogP contribution in [0.3, 0.4) is 0 Å². The maximum atomic E-state index is 12.5. The van der Waals surface area contributed by atoms with Gasteiger partial charge in [0, 0.05) is 71.0 Å². The average Bonchev–Trinajstić information content (AvgIpc) is 2.54. The third kappa shape index (κ3) is 4.31. The fraction of sp³-hybridized carbons (Fsp3) is 0.933. The lowest BCUT2D eigenvalue weighted by molar-refractivity contribution is -0.153. The van der Waals surface area contributed by atoms with Crippen molar-refractivity contribution in [2.24, 2.45) is 0 Å². The van der Waals surface area contributed by atoms with E-state index >= 15 is 0 Å². The van der Waals surface area contributed by atoms with Crippen LogP contribution in [0.2, 0.25) is 0 Å². The van der Waals surface area contributed by atoms with Crippen LogP contribution in [0.15, 0.2) is 0 Å². The third-order valence-corrected chi connectivity index (χ3v) is 5.32. The third-order valence-electron chi connectivity index (χ3n) is 5.32. The molecule has 2 bridgehead atoms. The molecular weight excluding hydrogens is 323 g/mol. The highest BCUT2D eigenvalue weighted by atomic mass is 19.4. The van der Waals surface area contributed by atoms with Crippen LogP contribution in [-0.4, -0.2) is 109 Å². The fourth-order valence-electron chi connectivity index (χ4n) is 3.88. The van der Waals surface area contributed by atoms with Gasteiger partial charge < -0.3 is 10.2 Å². The molecule has 2 unspecified atom stereocenters. The number of piperazine rings is 4. The Morgan fingerprint density at radius 3 is 2.33 bits per heavy atom. The zero-order chi connectivity index (χ0) is 17.3. The zero-order valence-electron chi connectivity index (χ0n) is 14.1. The molecule has 9 heteroatoms. The molecule has 4 rings (SSSR count). The molecule has 4 heterocycles. The Morgan fingerprint density at radius 1 is 1.08 bits per heavy atom. The molecule has 6 nitrogen and oxygen atoms in total. The van der Waals surface area contributed by atoms with Crippen molar-refractivity contribution in [1.29, 1.82) is 0 Å². The molecule has 24 heavy (non-hydrogen) atoms. The van der Waals surface area contributed by atoms with Gasteiger partial charge >= 0.3 is 12.2 Å². The van der Waals surface area contributed by atoms with E-state index in [1.807, 2.05) is 0 Å². The lowest BCUT2D eigenvalue weighted by Crippen LogP contribution is -2.64. The Bertz CT molecular complexity index is 453. The van der Waals surface area contributed by atoms with E-state index in [0.29, 0.717) is 25.7 Å². The van der Waals surface area contributed by atoms with Gasteiger partial charge in [-0.05, 0) is 6.92 Å². The predicted octanol–water partition coefficient (Wildman–Crippen LogP) is 0.264. The van der Waals surface area contributed by atoms with Crippen molar-refractivity contribution in [3.63, 3.8) is 0 Å². The van der Waals surface area contributed by atoms with E-state index in [-0.39, 0.29) is 18.6 Å². The number of fused-ring (bicyclic) bond motifs is 3. The summed E-state index contributed by atoms with van der Waals surface area (Å²) in [5.41, 5.74) is 0. The largest absolute Gasteiger partial charge is 0.401 e. The summed E-state index contributed by atoms with van der Waals surface area (Å²) in [7, 11) is 0. The van der Waals surface area contributed by atoms with Crippen LogP contribution in [-0.2, 0) is 0 Å². The normalized spacial score (nSPS) is 34.4. The van der Waals surface area contributed by atoms with Gasteiger partial charge in [0.2, 0.25) is 0 Å². The number of hydrogen-bond acceptors (Lipinski definition) is 4. The first-order valence-electron chi connectivity index (χ1n) is 8.62. The van der Waals surface area contributed by atoms with E-state index in [1.54, 1.807) is 11.8 Å². The first-order valence-corrected chi connectivity index (χ1v) is 8.62. The zero-order valence-corrected chi connectivity index (χ0v) is 14.1. The van der Waals surface area contributed by atoms with Gasteiger partial charge in [-0.15, -0.1) is 0 Å². The molecule has 0 saturated carbocycles. The number of halogens is 3. The van der Waals surface area contributed by atoms with Crippen LogP contribution in [0, 0.1) is 0 Å². The Labute approximate surface area is 140 Å². The van der Waals surface area contributed by atoms with Crippen LogP contribution in [0.1, 0.15) is 6.92 Å². The lowest BCUT2D eigenvalue weighted by atomic mass is 10.1. The molecule has 4 aliphatic heterocycles. The Balaban J connectivity index is 1.43. The Kier molecular flexibility index (Phi) is 5.22. The molecular formula is C15H26F3N5O. The molecule has 0 spiro atoms. The first-order chi connectivity index (χ1) is 11.3. The van der Waals surface area contributed by atoms with E-state index in [4.69, 9.17) is 0 Å². The average molecular weight is 349 g/mol. The number of carbonyl (C=O) groups is 1. The molecule has 2 amide bonds. The van der Waals surface area contributed by atoms with Gasteiger partial charge in [-0.3, -0.25) is 14.7 Å². The summed E-state index contributed by atoms with van der Waals surface area (Å²) in [6.07, 6.45) is -4.19. The van der Waals surface area contributed by atoms with Gasteiger partial charge in [-0.25, -0.2) is 4.79 Å². The number of urea groups is 1. The SMILES string of the molecule is CC1CN(C(=O)NCC2CN3CCN2CC3)CCN1CC(F)(F)F. The molecule has 1 N–H and O–H groups in total. The summed E-state index contributed by atoms with van der Waals surface area (Å²) in [6, 6.07) is -0.0989. The number of carbonyl (C=O) groups excluding carboxylic acids is 1. The molecule has 138 valence electrons. The van der Waals surface area contributed by atoms with E-state index in [1.165, 1.54) is 4.90 Å². The second-order valence-electron chi connectivity index (χ2n) is 7.06. The monoisotopic (exact) mass is 349 g/mol. The quantitative estimate of drug-likeness (QED) is 0.794. The minimum absolute atomic E-state index is 0.161. The summed E-state index contributed by atoms with van der Waals surface area (Å²) in [6.45, 7) is 7.66. The molecule has 4 saturated heterocycles. The molecule has 2 atom stereocenters. The lowest BCUT2D eigenvalue weighted by Gasteiger charge is -2.47. The van der Waals surface area contributed by atoms with E-state index in [2.05, 4.69) is 15.1 Å². The van der Waals surface area contributed by atoms with Gasteiger partial charge in [0.15, 0.2) is 0 Å². The van der Waals surface area contributed by atoms with Crippen molar-refractivity contribution in [2.45, 2.75) is 25.2 Å². The number of hydrogen-bond donors (Lipinski definition) is 1. The second kappa shape index (κ2) is 7.05. The molecule has 4 aliphatic rings. The van der Waals surface area contributed by atoms with Crippen molar-refractivity contribution in [3.8, 4) is 0 Å². The van der Waals surface area contributed by atoms with Crippen LogP contribution in [0.4, 0.5) is 18.0 Å². The van der Waals surface area contributed by atoms with Crippen molar-refractivity contribution >= 4 is 6.03 Å². The minimum Gasteiger partial charge on any atom is -0.336 e. The van der Waals surface area contributed by atoms with Gasteiger partial charge in [-0.1, -0.05) is 0 Å². The van der Waals surface area contributed by atoms with Crippen molar-refractivity contribution in [1.82, 2.24) is 24.9 Å². The molecule has 0 aromatic heterocycles. The molecule has 0 aromatic rings. The molecule has 0 aliphatic carbocycles. The van der Waals surface area contributed by atoms with Crippen molar-refractivity contribution < 1.29 is 18.0 Å². The number of rotatable bonds is 3. The molecule has 0 aromatic carbocycles. The summed E-state index contributed by atoms with van der Waals surface area (Å²) in [4.78, 5) is 20.2. The Morgan fingerprint density at radius 2 is 1.79 bits per heavy atom. The second-order valence-corrected chi connectivity index (χ2v) is 7.06. The minimum atomic E-state index is -4.19. The highest BCUT2D eigenvalue weighted by Crippen LogP contribution is 2.20. The summed E-state index contributed by atoms with van der Waals surface area (Å²) in [5, 5.41) is 2.97. The standard InChI is InChI=1S/C15H26F3N5O/c1-12-9-22(6-7-23(12)11-15(16,17)18)14(24)19-8-13-10-20-2-4-21(13)5-3-20/h12-13H,2-11H2,1H3,(H,19,24). The van der Waals surface area contributed by atoms with Crippen LogP contribution < -0.4 is 5.32 Å². The van der Waals surface area contributed by atoms with Crippen LogP contribution >= 0.6 is 0 Å². The van der Waals surface area contributed by atoms with Gasteiger partial charge in [0.05, 0.1) is 6.54 Å². The molecule has 4 fully saturated rings. The maximum absolute atomic E-state index is 12.5. The fourth-order valence-corrected chi connectivity index (χ4v) is 3.88. The topological polar surface area (TPSA) is 42.1 Å². The number of nitrogens with one attached hydrogen (secondary N) is 1. The highest BCUT2D eigenvalue weighted by molar-refractivity contribution is 5.74. The summed E-state index contributed by atoms with van der Waals surface area (Å²) < 4.78 is 37.6. The predicted molar refractivity (Wildman–Crippen MR) is 83.9 cm³/mol. The smallest absolute Gasteiger partial charge is 0.336 e. The van der Waals surface area contributed by atoms with Crippen molar-refractivity contribution in [3.05, 3.63) is 0 Å². The number of nitrogens with zero attached hydrogens (tertiary/aromatic N) is 4. The van der Waals surface area contributed by atoms with E-state index < -0.39 is 12.7 Å². The van der Waals surface area contributed by atoms with Crippen molar-refractivity contribution in [2.75, 3.05) is 65.4 Å². The maximum Gasteiger partial charge on any atom is 0.401 e. The van der Waals surface area contributed by atoms with E-state index in [9.17, 15) is 18.0 Å². The van der Waals surface area contributed by atoms with Crippen LogP contribution in [0.25, 0.3) is 0 Å².